The van der Waals surface area contributed by atoms with Crippen LogP contribution >= 0.6 is 11.3 Å². The highest BCUT2D eigenvalue weighted by Gasteiger charge is 2.32. The highest BCUT2D eigenvalue weighted by atomic mass is 32.1. The van der Waals surface area contributed by atoms with Crippen LogP contribution in [0.25, 0.3) is 0 Å². The van der Waals surface area contributed by atoms with Crippen molar-refractivity contribution in [2.45, 2.75) is 19.4 Å². The predicted molar refractivity (Wildman–Crippen MR) is 83.3 cm³/mol. The summed E-state index contributed by atoms with van der Waals surface area (Å²) in [6.45, 7) is 1.79. The van der Waals surface area contributed by atoms with Crippen molar-refractivity contribution in [1.82, 2.24) is 5.01 Å². The summed E-state index contributed by atoms with van der Waals surface area (Å²) in [5.41, 5.74) is 1.96. The summed E-state index contributed by atoms with van der Waals surface area (Å²) in [6.07, 6.45) is 0.708. The van der Waals surface area contributed by atoms with E-state index in [4.69, 9.17) is 9.47 Å². The van der Waals surface area contributed by atoms with Gasteiger partial charge >= 0.3 is 0 Å². The van der Waals surface area contributed by atoms with Crippen LogP contribution in [0, 0.1) is 0 Å². The van der Waals surface area contributed by atoms with Crippen LogP contribution in [0.15, 0.2) is 40.8 Å². The number of nitrogens with zero attached hydrogens (tertiary/aromatic N) is 2. The van der Waals surface area contributed by atoms with Crippen molar-refractivity contribution in [3.8, 4) is 11.5 Å². The lowest BCUT2D eigenvalue weighted by Crippen LogP contribution is -2.24. The van der Waals surface area contributed by atoms with Gasteiger partial charge in [-0.2, -0.15) is 5.10 Å². The molecule has 0 fully saturated rings. The van der Waals surface area contributed by atoms with E-state index in [1.165, 1.54) is 0 Å². The van der Waals surface area contributed by atoms with Gasteiger partial charge < -0.3 is 9.47 Å². The molecule has 6 heteroatoms. The third-order valence-electron chi connectivity index (χ3n) is 3.82. The smallest absolute Gasteiger partial charge is 0.240 e. The maximum Gasteiger partial charge on any atom is 0.240 e. The SMILES string of the molecule is CC(=O)N1N=C(c2cccs2)CC1c1ccc2c(c1)OCO2. The zero-order valence-corrected chi connectivity index (χ0v) is 12.8. The van der Waals surface area contributed by atoms with E-state index in [1.54, 1.807) is 23.3 Å². The largest absolute Gasteiger partial charge is 0.454 e. The second kappa shape index (κ2) is 5.14. The van der Waals surface area contributed by atoms with E-state index >= 15 is 0 Å². The Labute approximate surface area is 131 Å². The predicted octanol–water partition coefficient (Wildman–Crippen LogP) is 3.17. The maximum atomic E-state index is 11.9. The topological polar surface area (TPSA) is 51.1 Å². The van der Waals surface area contributed by atoms with Crippen LogP contribution in [0.4, 0.5) is 0 Å². The molecule has 0 saturated heterocycles. The first-order valence-corrected chi connectivity index (χ1v) is 7.91. The third kappa shape index (κ3) is 2.16. The minimum Gasteiger partial charge on any atom is -0.454 e. The molecule has 1 amide bonds. The summed E-state index contributed by atoms with van der Waals surface area (Å²) < 4.78 is 10.8. The molecule has 0 saturated carbocycles. The average molecular weight is 314 g/mol. The molecule has 0 aliphatic carbocycles. The third-order valence-corrected chi connectivity index (χ3v) is 4.74. The Bertz CT molecular complexity index is 755. The number of fused-ring (bicyclic) bond motifs is 1. The summed E-state index contributed by atoms with van der Waals surface area (Å²) in [7, 11) is 0. The monoisotopic (exact) mass is 314 g/mol. The molecule has 3 heterocycles. The number of thiophene rings is 1. The van der Waals surface area contributed by atoms with Gasteiger partial charge in [-0.25, -0.2) is 5.01 Å². The molecule has 2 aliphatic heterocycles. The van der Waals surface area contributed by atoms with Crippen LogP contribution in [0.1, 0.15) is 29.8 Å². The molecule has 1 unspecified atom stereocenters. The Morgan fingerprint density at radius 3 is 2.95 bits per heavy atom. The van der Waals surface area contributed by atoms with Crippen LogP contribution in [0.2, 0.25) is 0 Å². The van der Waals surface area contributed by atoms with Crippen LogP contribution in [0.3, 0.4) is 0 Å². The van der Waals surface area contributed by atoms with Crippen LogP contribution in [-0.4, -0.2) is 23.4 Å². The van der Waals surface area contributed by atoms with E-state index in [1.807, 2.05) is 35.7 Å². The minimum atomic E-state index is -0.0934. The van der Waals surface area contributed by atoms with Gasteiger partial charge in [0.05, 0.1) is 16.6 Å². The molecule has 5 nitrogen and oxygen atoms in total. The van der Waals surface area contributed by atoms with Gasteiger partial charge in [-0.3, -0.25) is 4.79 Å². The fourth-order valence-corrected chi connectivity index (χ4v) is 3.49. The molecule has 22 heavy (non-hydrogen) atoms. The average Bonchev–Trinajstić information content (AvgIpc) is 3.25. The quantitative estimate of drug-likeness (QED) is 0.855. The van der Waals surface area contributed by atoms with Crippen molar-refractivity contribution in [1.29, 1.82) is 0 Å². The first-order chi connectivity index (χ1) is 10.7. The van der Waals surface area contributed by atoms with Gasteiger partial charge in [0.1, 0.15) is 0 Å². The van der Waals surface area contributed by atoms with Crippen molar-refractivity contribution < 1.29 is 14.3 Å². The molecule has 2 aliphatic rings. The Balaban J connectivity index is 1.68. The molecular formula is C16H14N2O3S. The van der Waals surface area contributed by atoms with E-state index in [9.17, 15) is 4.79 Å². The zero-order valence-electron chi connectivity index (χ0n) is 12.0. The van der Waals surface area contributed by atoms with Crippen LogP contribution in [-0.2, 0) is 4.79 Å². The number of carbonyl (C=O) groups excluding carboxylic acids is 1. The Hall–Kier alpha value is -2.34. The van der Waals surface area contributed by atoms with Crippen LogP contribution < -0.4 is 9.47 Å². The minimum absolute atomic E-state index is 0.0609. The van der Waals surface area contributed by atoms with Gasteiger partial charge in [0.2, 0.25) is 12.7 Å². The maximum absolute atomic E-state index is 11.9. The van der Waals surface area contributed by atoms with Crippen molar-refractivity contribution >= 4 is 23.0 Å². The molecule has 112 valence electrons. The fraction of sp³-hybridized carbons (Fsp3) is 0.250. The summed E-state index contributed by atoms with van der Waals surface area (Å²) in [5.74, 6) is 1.41. The molecule has 1 aromatic heterocycles. The molecule has 0 spiro atoms. The first kappa shape index (κ1) is 13.3. The molecule has 1 aromatic carbocycles. The Morgan fingerprint density at radius 1 is 1.32 bits per heavy atom. The number of amides is 1. The summed E-state index contributed by atoms with van der Waals surface area (Å²) in [4.78, 5) is 13.1. The first-order valence-electron chi connectivity index (χ1n) is 7.03. The van der Waals surface area contributed by atoms with Gasteiger partial charge in [-0.05, 0) is 29.1 Å². The van der Waals surface area contributed by atoms with E-state index in [-0.39, 0.29) is 18.7 Å². The van der Waals surface area contributed by atoms with Crippen molar-refractivity contribution in [2.75, 3.05) is 6.79 Å². The number of benzene rings is 1. The highest BCUT2D eigenvalue weighted by molar-refractivity contribution is 7.12. The van der Waals surface area contributed by atoms with Gasteiger partial charge in [0.25, 0.3) is 0 Å². The van der Waals surface area contributed by atoms with Crippen molar-refractivity contribution in [3.05, 3.63) is 46.2 Å². The molecule has 0 radical (unpaired) electrons. The standard InChI is InChI=1S/C16H14N2O3S/c1-10(19)18-13(8-12(17-18)16-3-2-6-22-16)11-4-5-14-15(7-11)21-9-20-14/h2-7,13H,8-9H2,1H3. The molecule has 2 aromatic rings. The lowest BCUT2D eigenvalue weighted by Gasteiger charge is -2.20. The number of carbonyl (C=O) groups is 1. The fourth-order valence-electron chi connectivity index (χ4n) is 2.77. The van der Waals surface area contributed by atoms with E-state index < -0.39 is 0 Å². The second-order valence-electron chi connectivity index (χ2n) is 5.22. The normalized spacial score (nSPS) is 19.4. The van der Waals surface area contributed by atoms with Gasteiger partial charge in [-0.15, -0.1) is 11.3 Å². The molecular weight excluding hydrogens is 300 g/mol. The highest BCUT2D eigenvalue weighted by Crippen LogP contribution is 2.39. The number of rotatable bonds is 2. The molecule has 4 rings (SSSR count). The van der Waals surface area contributed by atoms with Crippen LogP contribution in [0.5, 0.6) is 11.5 Å². The number of hydrogen-bond donors (Lipinski definition) is 0. The second-order valence-corrected chi connectivity index (χ2v) is 6.17. The number of hydrogen-bond acceptors (Lipinski definition) is 5. The van der Waals surface area contributed by atoms with Gasteiger partial charge in [0.15, 0.2) is 11.5 Å². The molecule has 0 bridgehead atoms. The summed E-state index contributed by atoms with van der Waals surface area (Å²) >= 11 is 1.64. The number of ether oxygens (including phenoxy) is 2. The molecule has 1 atom stereocenters. The summed E-state index contributed by atoms with van der Waals surface area (Å²) in [6, 6.07) is 9.73. The Morgan fingerprint density at radius 2 is 2.18 bits per heavy atom. The zero-order chi connectivity index (χ0) is 15.1. The Kier molecular flexibility index (Phi) is 3.11. The van der Waals surface area contributed by atoms with E-state index in [2.05, 4.69) is 5.10 Å². The molecule has 0 N–H and O–H groups in total. The summed E-state index contributed by atoms with van der Waals surface area (Å²) in [5, 5.41) is 8.10. The van der Waals surface area contributed by atoms with Gasteiger partial charge in [-0.1, -0.05) is 12.1 Å². The van der Waals surface area contributed by atoms with E-state index in [0.29, 0.717) is 6.42 Å². The van der Waals surface area contributed by atoms with Gasteiger partial charge in [0, 0.05) is 13.3 Å². The number of hydrazone groups is 1. The van der Waals surface area contributed by atoms with Crippen molar-refractivity contribution in [2.24, 2.45) is 5.10 Å². The lowest BCUT2D eigenvalue weighted by atomic mass is 10.0. The van der Waals surface area contributed by atoms with E-state index in [0.717, 1.165) is 27.7 Å². The lowest BCUT2D eigenvalue weighted by molar-refractivity contribution is -0.130. The van der Waals surface area contributed by atoms with Crippen molar-refractivity contribution in [3.63, 3.8) is 0 Å².